The number of amides is 1. The summed E-state index contributed by atoms with van der Waals surface area (Å²) in [4.78, 5) is 25.8. The van der Waals surface area contributed by atoms with Gasteiger partial charge in [0.2, 0.25) is 0 Å². The largest absolute Gasteiger partial charge is 0.366 e. The van der Waals surface area contributed by atoms with Gasteiger partial charge in [0, 0.05) is 38.8 Å². The number of piperazine rings is 1. The summed E-state index contributed by atoms with van der Waals surface area (Å²) in [5.41, 5.74) is 7.23. The minimum atomic E-state index is 0.0540. The number of hydrogen-bond donors (Lipinski definition) is 1. The minimum absolute atomic E-state index is 0.0540. The number of imidazole rings is 1. The number of para-hydroxylation sites is 1. The highest BCUT2D eigenvalue weighted by Crippen LogP contribution is 2.30. The van der Waals surface area contributed by atoms with E-state index < -0.39 is 0 Å². The third-order valence-corrected chi connectivity index (χ3v) is 6.94. The fraction of sp³-hybridized carbons (Fsp3) is 0.393. The molecule has 0 saturated carbocycles. The molecule has 0 unspecified atom stereocenters. The molecule has 1 fully saturated rings. The van der Waals surface area contributed by atoms with Gasteiger partial charge in [-0.2, -0.15) is 5.10 Å². The van der Waals surface area contributed by atoms with Crippen molar-refractivity contribution in [2.24, 2.45) is 7.05 Å². The summed E-state index contributed by atoms with van der Waals surface area (Å²) in [6.45, 7) is 11.6. The van der Waals surface area contributed by atoms with Crippen LogP contribution in [0.1, 0.15) is 49.4 Å². The van der Waals surface area contributed by atoms with E-state index in [1.165, 1.54) is 5.56 Å². The molecule has 1 aliphatic heterocycles. The number of fused-ring (bicyclic) bond motifs is 1. The second-order valence-electron chi connectivity index (χ2n) is 10.4. The maximum Gasteiger partial charge on any atom is 0.272 e. The van der Waals surface area contributed by atoms with E-state index in [-0.39, 0.29) is 11.3 Å². The molecule has 0 bridgehead atoms. The van der Waals surface area contributed by atoms with Gasteiger partial charge in [-0.3, -0.25) is 9.48 Å². The number of aryl methyl sites for hydroxylation is 2. The second-order valence-corrected chi connectivity index (χ2v) is 10.4. The van der Waals surface area contributed by atoms with Gasteiger partial charge in [-0.25, -0.2) is 4.98 Å². The van der Waals surface area contributed by atoms with Crippen LogP contribution in [-0.4, -0.2) is 56.7 Å². The number of hydrogen-bond acceptors (Lipinski definition) is 4. The quantitative estimate of drug-likeness (QED) is 0.466. The minimum Gasteiger partial charge on any atom is -0.366 e. The predicted molar refractivity (Wildman–Crippen MR) is 141 cm³/mol. The fourth-order valence-corrected chi connectivity index (χ4v) is 4.75. The molecular weight excluding hydrogens is 436 g/mol. The van der Waals surface area contributed by atoms with Crippen LogP contribution >= 0.6 is 0 Å². The number of carbonyl (C=O) groups is 1. The lowest BCUT2D eigenvalue weighted by Gasteiger charge is -2.36. The molecule has 0 spiro atoms. The summed E-state index contributed by atoms with van der Waals surface area (Å²) in [5, 5.41) is 4.43. The summed E-state index contributed by atoms with van der Waals surface area (Å²) in [6, 6.07) is 16.8. The Morgan fingerprint density at radius 2 is 1.74 bits per heavy atom. The van der Waals surface area contributed by atoms with Gasteiger partial charge in [0.25, 0.3) is 5.91 Å². The van der Waals surface area contributed by atoms with Crippen LogP contribution in [0.5, 0.6) is 0 Å². The Morgan fingerprint density at radius 3 is 2.37 bits per heavy atom. The Labute approximate surface area is 206 Å². The van der Waals surface area contributed by atoms with Crippen molar-refractivity contribution in [3.63, 3.8) is 0 Å². The molecule has 2 aromatic carbocycles. The molecular formula is C28H34N6O. The molecule has 4 aromatic rings. The van der Waals surface area contributed by atoms with Gasteiger partial charge < -0.3 is 14.8 Å². The van der Waals surface area contributed by atoms with Gasteiger partial charge >= 0.3 is 0 Å². The lowest BCUT2D eigenvalue weighted by molar-refractivity contribution is 0.0736. The number of aromatic nitrogens is 4. The number of rotatable bonds is 4. The van der Waals surface area contributed by atoms with Crippen LogP contribution in [0, 0.1) is 0 Å². The number of anilines is 1. The Hall–Kier alpha value is -3.61. The van der Waals surface area contributed by atoms with Crippen LogP contribution in [0.3, 0.4) is 0 Å². The van der Waals surface area contributed by atoms with Gasteiger partial charge in [-0.05, 0) is 35.6 Å². The summed E-state index contributed by atoms with van der Waals surface area (Å²) < 4.78 is 1.70. The maximum absolute atomic E-state index is 13.1. The molecule has 1 N–H and O–H groups in total. The number of nitrogens with one attached hydrogen (secondary N) is 1. The molecule has 5 rings (SSSR count). The van der Waals surface area contributed by atoms with Crippen molar-refractivity contribution in [2.75, 3.05) is 31.1 Å². The van der Waals surface area contributed by atoms with Crippen molar-refractivity contribution < 1.29 is 4.79 Å². The molecule has 1 aliphatic rings. The van der Waals surface area contributed by atoms with E-state index in [9.17, 15) is 4.79 Å². The maximum atomic E-state index is 13.1. The van der Waals surface area contributed by atoms with Crippen LogP contribution < -0.4 is 4.90 Å². The Bertz CT molecular complexity index is 1350. The molecule has 7 heteroatoms. The van der Waals surface area contributed by atoms with Crippen LogP contribution in [-0.2, 0) is 18.9 Å². The lowest BCUT2D eigenvalue weighted by atomic mass is 9.87. The van der Waals surface area contributed by atoms with Crippen LogP contribution in [0.4, 0.5) is 5.69 Å². The van der Waals surface area contributed by atoms with E-state index in [0.29, 0.717) is 18.8 Å². The highest BCUT2D eigenvalue weighted by molar-refractivity contribution is 5.93. The number of H-pyrrole nitrogens is 1. The van der Waals surface area contributed by atoms with Crippen LogP contribution in [0.15, 0.2) is 48.5 Å². The summed E-state index contributed by atoms with van der Waals surface area (Å²) in [5.74, 6) is 0.933. The molecule has 0 aliphatic carbocycles. The fourth-order valence-electron chi connectivity index (χ4n) is 4.75. The summed E-state index contributed by atoms with van der Waals surface area (Å²) >= 11 is 0. The zero-order valence-corrected chi connectivity index (χ0v) is 21.3. The van der Waals surface area contributed by atoms with E-state index in [1.807, 2.05) is 18.0 Å². The molecule has 2 aromatic heterocycles. The van der Waals surface area contributed by atoms with Crippen molar-refractivity contribution in [1.82, 2.24) is 24.6 Å². The standard InChI is InChI=1S/C28H34N6O/c1-6-21-18-24(32(5)31-21)27(35)34-16-14-33(15-17-34)23-9-7-8-22-25(23)30-26(29-22)19-10-12-20(13-11-19)28(2,3)4/h7-13,18H,6,14-17H2,1-5H3,(H,29,30). The molecule has 3 heterocycles. The molecule has 0 radical (unpaired) electrons. The first-order valence-electron chi connectivity index (χ1n) is 12.4. The van der Waals surface area contributed by atoms with E-state index in [4.69, 9.17) is 4.98 Å². The smallest absolute Gasteiger partial charge is 0.272 e. The number of aromatic amines is 1. The lowest BCUT2D eigenvalue weighted by Crippen LogP contribution is -2.49. The van der Waals surface area contributed by atoms with E-state index in [2.05, 4.69) is 85.1 Å². The summed E-state index contributed by atoms with van der Waals surface area (Å²) in [6.07, 6.45) is 0.825. The molecule has 1 saturated heterocycles. The molecule has 182 valence electrons. The predicted octanol–water partition coefficient (Wildman–Crippen LogP) is 4.79. The topological polar surface area (TPSA) is 70.1 Å². The summed E-state index contributed by atoms with van der Waals surface area (Å²) in [7, 11) is 1.84. The third kappa shape index (κ3) is 4.43. The van der Waals surface area contributed by atoms with Crippen molar-refractivity contribution in [3.05, 3.63) is 65.5 Å². The highest BCUT2D eigenvalue weighted by Gasteiger charge is 2.26. The first-order valence-corrected chi connectivity index (χ1v) is 12.4. The number of benzene rings is 2. The average Bonchev–Trinajstić information content (AvgIpc) is 3.46. The van der Waals surface area contributed by atoms with Crippen LogP contribution in [0.25, 0.3) is 22.4 Å². The van der Waals surface area contributed by atoms with Gasteiger partial charge in [-0.1, -0.05) is 58.0 Å². The van der Waals surface area contributed by atoms with Crippen molar-refractivity contribution >= 4 is 22.6 Å². The van der Waals surface area contributed by atoms with Gasteiger partial charge in [-0.15, -0.1) is 0 Å². The average molecular weight is 471 g/mol. The third-order valence-electron chi connectivity index (χ3n) is 6.94. The zero-order valence-electron chi connectivity index (χ0n) is 21.3. The van der Waals surface area contributed by atoms with Crippen molar-refractivity contribution in [1.29, 1.82) is 0 Å². The van der Waals surface area contributed by atoms with E-state index in [1.54, 1.807) is 4.68 Å². The van der Waals surface area contributed by atoms with Gasteiger partial charge in [0.15, 0.2) is 0 Å². The van der Waals surface area contributed by atoms with Gasteiger partial charge in [0.05, 0.1) is 16.9 Å². The monoisotopic (exact) mass is 470 g/mol. The van der Waals surface area contributed by atoms with E-state index in [0.717, 1.165) is 53.3 Å². The van der Waals surface area contributed by atoms with Crippen molar-refractivity contribution in [3.8, 4) is 11.4 Å². The molecule has 35 heavy (non-hydrogen) atoms. The molecule has 7 nitrogen and oxygen atoms in total. The first kappa shape index (κ1) is 23.1. The first-order chi connectivity index (χ1) is 16.7. The van der Waals surface area contributed by atoms with Gasteiger partial charge in [0.1, 0.15) is 17.0 Å². The normalized spacial score (nSPS) is 14.7. The Kier molecular flexibility index (Phi) is 5.87. The molecule has 0 atom stereocenters. The highest BCUT2D eigenvalue weighted by atomic mass is 16.2. The number of carbonyl (C=O) groups excluding carboxylic acids is 1. The van der Waals surface area contributed by atoms with Crippen molar-refractivity contribution in [2.45, 2.75) is 39.5 Å². The van der Waals surface area contributed by atoms with E-state index >= 15 is 0 Å². The zero-order chi connectivity index (χ0) is 24.7. The molecule has 1 amide bonds. The SMILES string of the molecule is CCc1cc(C(=O)N2CCN(c3cccc4[nH]c(-c5ccc(C(C)(C)C)cc5)nc34)CC2)n(C)n1. The Morgan fingerprint density at radius 1 is 1.03 bits per heavy atom. The van der Waals surface area contributed by atoms with Crippen LogP contribution in [0.2, 0.25) is 0 Å². The Balaban J connectivity index is 1.34. The second kappa shape index (κ2) is 8.87. The number of nitrogens with zero attached hydrogens (tertiary/aromatic N) is 5.